The van der Waals surface area contributed by atoms with Crippen molar-refractivity contribution in [3.05, 3.63) is 179 Å². The second-order valence-corrected chi connectivity index (χ2v) is 15.3. The number of allylic oxidation sites excluding steroid dienone is 12. The van der Waals surface area contributed by atoms with Gasteiger partial charge in [0.25, 0.3) is 0 Å². The molecular formula is C64H90Eu4N6O26. The largest absolute Gasteiger partial charge is 3.00 e. The maximum absolute atomic E-state index is 11.5. The van der Waals surface area contributed by atoms with Gasteiger partial charge >= 0.3 is 198 Å². The van der Waals surface area contributed by atoms with E-state index >= 15 is 0 Å². The van der Waals surface area contributed by atoms with Crippen molar-refractivity contribution in [3.63, 3.8) is 0 Å². The molecule has 4 rings (SSSR count). The van der Waals surface area contributed by atoms with Gasteiger partial charge in [0.05, 0.1) is 23.8 Å². The van der Waals surface area contributed by atoms with Crippen LogP contribution in [-0.4, -0.2) is 167 Å². The molecule has 0 aliphatic heterocycles. The molecule has 4 aromatic rings. The van der Waals surface area contributed by atoms with Crippen molar-refractivity contribution in [2.24, 2.45) is 20.4 Å². The fraction of sp³-hybridized carbons (Fsp3) is 0.312. The molecule has 0 saturated heterocycles. The Morgan fingerprint density at radius 1 is 0.310 bits per heavy atom. The van der Waals surface area contributed by atoms with Crippen molar-refractivity contribution in [1.82, 2.24) is 9.97 Å². The predicted molar refractivity (Wildman–Crippen MR) is 339 cm³/mol. The number of aromatic nitrogens is 2. The summed E-state index contributed by atoms with van der Waals surface area (Å²) >= 11 is 0. The average Bonchev–Trinajstić information content (AvgIpc) is 0.888. The van der Waals surface area contributed by atoms with Gasteiger partial charge in [-0.15, -0.1) is 57.6 Å². The predicted octanol–water partition coefficient (Wildman–Crippen LogP) is -5.36. The van der Waals surface area contributed by atoms with Gasteiger partial charge in [0.1, 0.15) is 0 Å². The zero-order chi connectivity index (χ0) is 78.5. The molecule has 0 fully saturated rings. The van der Waals surface area contributed by atoms with E-state index in [-0.39, 0.29) is 289 Å². The molecule has 0 bridgehead atoms. The topological polar surface area (TPSA) is 616 Å². The second kappa shape index (κ2) is 103. The first-order valence-corrected chi connectivity index (χ1v) is 26.2. The minimum Gasteiger partial charge on any atom is -0.876 e. The summed E-state index contributed by atoms with van der Waals surface area (Å²) in [6.45, 7) is 16.2. The molecule has 2 aromatic heterocycles. The van der Waals surface area contributed by atoms with Gasteiger partial charge in [0.2, 0.25) is 0 Å². The van der Waals surface area contributed by atoms with Gasteiger partial charge in [-0.2, -0.15) is 20.4 Å². The number of hydrogen-bond acceptors (Lipinski definition) is 32. The van der Waals surface area contributed by atoms with E-state index in [1.807, 2.05) is 0 Å². The Labute approximate surface area is 748 Å². The van der Waals surface area contributed by atoms with Crippen molar-refractivity contribution in [1.29, 1.82) is 0 Å². The Hall–Kier alpha value is -4.50. The van der Waals surface area contributed by atoms with Gasteiger partial charge in [0, 0.05) is 81.1 Å². The Morgan fingerprint density at radius 3 is 0.640 bits per heavy atom. The van der Waals surface area contributed by atoms with Crippen molar-refractivity contribution in [2.75, 3.05) is 56.9 Å². The van der Waals surface area contributed by atoms with E-state index in [9.17, 15) is 90.0 Å². The molecule has 8 N–H and O–H groups in total. The van der Waals surface area contributed by atoms with Crippen LogP contribution in [0.4, 0.5) is 0 Å². The Balaban J connectivity index is -0.0000000578. The Kier molecular flexibility index (Phi) is 139. The maximum Gasteiger partial charge on any atom is 3.00 e. The van der Waals surface area contributed by atoms with Crippen molar-refractivity contribution < 1.29 is 328 Å². The molecule has 36 heteroatoms. The molecule has 0 atom stereocenters. The molecular weight excluding hydrogens is 1880 g/mol. The van der Waals surface area contributed by atoms with E-state index in [2.05, 4.69) is 30.4 Å². The van der Waals surface area contributed by atoms with Crippen LogP contribution in [0.3, 0.4) is 0 Å². The van der Waals surface area contributed by atoms with Crippen LogP contribution in [-0.2, 0) is 28.8 Å². The summed E-state index contributed by atoms with van der Waals surface area (Å²) in [5.74, 6) is -6.09. The summed E-state index contributed by atoms with van der Waals surface area (Å²) in [6, 6.07) is 17.7. The third-order valence-corrected chi connectivity index (χ3v) is 6.92. The fourth-order valence-electron chi connectivity index (χ4n) is 4.35. The van der Waals surface area contributed by atoms with Crippen LogP contribution >= 0.6 is 0 Å². The second-order valence-electron chi connectivity index (χ2n) is 15.3. The van der Waals surface area contributed by atoms with Gasteiger partial charge in [-0.3, -0.25) is 38.7 Å². The van der Waals surface area contributed by atoms with Crippen LogP contribution in [0.25, 0.3) is 0 Å². The Morgan fingerprint density at radius 2 is 0.500 bits per heavy atom. The van der Waals surface area contributed by atoms with Gasteiger partial charge in [-0.1, -0.05) is 90.1 Å². The summed E-state index contributed by atoms with van der Waals surface area (Å²) in [6.07, 6.45) is 11.4. The first kappa shape index (κ1) is 135. The molecule has 560 valence electrons. The number of para-hydroxylation sites is 2. The number of pyridine rings is 2. The normalized spacial score (nSPS) is 9.80. The van der Waals surface area contributed by atoms with Gasteiger partial charge in [-0.25, -0.2) is 0 Å². The van der Waals surface area contributed by atoms with E-state index in [1.165, 1.54) is 132 Å². The van der Waals surface area contributed by atoms with E-state index in [1.54, 1.807) is 24.3 Å². The standard InChI is InChI=1S/2C13H11N3O3.6C5H8O2.8CH4O.4Eu/c2*17-11-6-3-4-9(12(11)18)8-15-16-13(19)10-5-1-2-7-14-10;6*1-4(6)3-5(2)7;8*1-2;;;;/h2*1-8,17-18H,(H,16,19);6*3,6H,1-2H3;8*2H,1H3;;;;/q;;;;;;;;;;;;;;;;4*+3/p-12/b2*15-8+;6*4-3-;;;;;;;;;;;;. The number of carbonyl (C=O) groups is 6. The summed E-state index contributed by atoms with van der Waals surface area (Å²) in [4.78, 5) is 67.5. The number of aliphatic hydroxyl groups excluding tert-OH is 8. The van der Waals surface area contributed by atoms with Crippen molar-refractivity contribution >= 4 is 58.9 Å². The van der Waals surface area contributed by atoms with E-state index in [0.717, 1.165) is 118 Å². The number of rotatable bonds is 12. The number of hydrogen-bond donors (Lipinski definition) is 8. The zero-order valence-corrected chi connectivity index (χ0v) is 68.5. The molecule has 0 aliphatic carbocycles. The van der Waals surface area contributed by atoms with E-state index < -0.39 is 34.8 Å². The third-order valence-electron chi connectivity index (χ3n) is 6.92. The number of benzene rings is 2. The summed E-state index contributed by atoms with van der Waals surface area (Å²) in [7, 11) is 8.00. The number of carbonyl (C=O) groups excluding carboxylic acids is 6. The van der Waals surface area contributed by atoms with Gasteiger partial charge in [-0.05, 0) is 113 Å². The number of nitrogens with zero attached hydrogens (tertiary/aromatic N) is 6. The van der Waals surface area contributed by atoms with Crippen LogP contribution in [0, 0.1) is 198 Å². The zero-order valence-electron chi connectivity index (χ0n) is 58.8. The van der Waals surface area contributed by atoms with Crippen molar-refractivity contribution in [2.45, 2.75) is 83.1 Å². The van der Waals surface area contributed by atoms with Gasteiger partial charge < -0.3 is 102 Å². The fourth-order valence-corrected chi connectivity index (χ4v) is 4.35. The smallest absolute Gasteiger partial charge is 0.876 e. The Bertz CT molecular complexity index is 2610. The van der Waals surface area contributed by atoms with Crippen LogP contribution in [0.5, 0.6) is 23.0 Å². The first-order valence-electron chi connectivity index (χ1n) is 26.2. The van der Waals surface area contributed by atoms with Crippen LogP contribution in [0.2, 0.25) is 0 Å². The van der Waals surface area contributed by atoms with Crippen LogP contribution in [0.15, 0.2) is 177 Å². The molecule has 100 heavy (non-hydrogen) atoms. The minimum absolute atomic E-state index is 0. The molecule has 0 aliphatic rings. The molecule has 0 amide bonds. The number of aliphatic hydroxyl groups is 8. The quantitative estimate of drug-likeness (QED) is 0.0216. The molecule has 0 radical (unpaired) electrons. The van der Waals surface area contributed by atoms with Crippen LogP contribution < -0.4 is 61.3 Å². The monoisotopic (exact) mass is 1970 g/mol. The molecule has 0 unspecified atom stereocenters. The average molecular weight is 1970 g/mol. The SMILES string of the molecule is CC(=O)/C=C(/C)[O-].CC(=O)/C=C(/C)[O-].CC(=O)/C=C(/C)[O-].CC(=O)/C=C(/C)[O-].CC(=O)/C=C(/C)[O-].CC(=O)/C=C(/C)[O-].CO.CO.CO.CO.CO.CO.CO.CO.[Eu+3].[Eu+3].[Eu+3].[Eu+3].[O-]/C(=N\N=C\c1cccc([O-])c1[O-])c1ccccn1.[O-]/C(=N\N=C\c1cccc([O-])c1[O-])c1ccccn1. The summed E-state index contributed by atoms with van der Waals surface area (Å²) in [5, 5.41) is 198. The molecule has 2 heterocycles. The third kappa shape index (κ3) is 115. The van der Waals surface area contributed by atoms with Gasteiger partial charge in [0.15, 0.2) is 34.7 Å². The maximum atomic E-state index is 11.5. The first-order chi connectivity index (χ1) is 45.1. The van der Waals surface area contributed by atoms with E-state index in [0.29, 0.717) is 0 Å². The summed E-state index contributed by atoms with van der Waals surface area (Å²) in [5.41, 5.74) is 0.481. The van der Waals surface area contributed by atoms with Crippen molar-refractivity contribution in [3.8, 4) is 23.0 Å². The minimum atomic E-state index is -0.674. The molecule has 0 spiro atoms. The summed E-state index contributed by atoms with van der Waals surface area (Å²) < 4.78 is 0. The molecule has 2 aromatic carbocycles. The van der Waals surface area contributed by atoms with E-state index in [4.69, 9.17) is 40.9 Å². The van der Waals surface area contributed by atoms with Crippen LogP contribution in [0.1, 0.15) is 106 Å². The number of ketones is 6. The molecule has 32 nitrogen and oxygen atoms in total. The molecule has 0 saturated carbocycles.